The first-order chi connectivity index (χ1) is 12.0. The Kier molecular flexibility index (Phi) is 4.94. The molecule has 0 heterocycles. The van der Waals surface area contributed by atoms with E-state index in [1.54, 1.807) is 30.3 Å². The number of ether oxygens (including phenoxy) is 1. The van der Waals surface area contributed by atoms with Crippen LogP contribution < -0.4 is 4.74 Å². The normalized spacial score (nSPS) is 10.5. The van der Waals surface area contributed by atoms with Gasteiger partial charge in [0.25, 0.3) is 0 Å². The zero-order valence-corrected chi connectivity index (χ0v) is 14.3. The summed E-state index contributed by atoms with van der Waals surface area (Å²) < 4.78 is 20.1. The van der Waals surface area contributed by atoms with E-state index in [1.165, 1.54) is 13.0 Å². The third-order valence-corrected chi connectivity index (χ3v) is 4.03. The number of hydrogen-bond donors (Lipinski definition) is 0. The predicted octanol–water partition coefficient (Wildman–Crippen LogP) is 5.58. The number of carbonyl (C=O) groups is 1. The summed E-state index contributed by atoms with van der Waals surface area (Å²) in [6.07, 6.45) is 0. The Bertz CT molecular complexity index is 901. The van der Waals surface area contributed by atoms with Gasteiger partial charge in [0.05, 0.1) is 5.56 Å². The van der Waals surface area contributed by atoms with E-state index in [-0.39, 0.29) is 11.6 Å². The molecule has 0 fully saturated rings. The van der Waals surface area contributed by atoms with Crippen molar-refractivity contribution in [2.45, 2.75) is 20.5 Å². The molecule has 0 aromatic heterocycles. The standard InChI is InChI=1S/C22H19FO2/c1-15-8-11-21(23)20(12-15)18-9-10-19(16(2)24)22(13-18)25-14-17-6-4-3-5-7-17/h3-13H,14H2,1-2H3. The van der Waals surface area contributed by atoms with E-state index >= 15 is 0 Å². The van der Waals surface area contributed by atoms with E-state index in [1.807, 2.05) is 37.3 Å². The predicted molar refractivity (Wildman–Crippen MR) is 97.4 cm³/mol. The van der Waals surface area contributed by atoms with Crippen LogP contribution in [0.2, 0.25) is 0 Å². The van der Waals surface area contributed by atoms with Gasteiger partial charge in [0.15, 0.2) is 5.78 Å². The summed E-state index contributed by atoms with van der Waals surface area (Å²) in [6.45, 7) is 3.76. The lowest BCUT2D eigenvalue weighted by Gasteiger charge is -2.13. The molecule has 0 aliphatic rings. The molecule has 0 aliphatic heterocycles. The highest BCUT2D eigenvalue weighted by Gasteiger charge is 2.13. The van der Waals surface area contributed by atoms with Crippen LogP contribution in [-0.4, -0.2) is 5.78 Å². The summed E-state index contributed by atoms with van der Waals surface area (Å²) in [6, 6.07) is 19.9. The molecule has 3 aromatic rings. The first-order valence-electron chi connectivity index (χ1n) is 8.13. The minimum Gasteiger partial charge on any atom is -0.488 e. The summed E-state index contributed by atoms with van der Waals surface area (Å²) in [5.41, 5.74) is 3.66. The van der Waals surface area contributed by atoms with Crippen molar-refractivity contribution in [3.8, 4) is 16.9 Å². The maximum atomic E-state index is 14.2. The van der Waals surface area contributed by atoms with Crippen molar-refractivity contribution < 1.29 is 13.9 Å². The molecular formula is C22H19FO2. The zero-order chi connectivity index (χ0) is 17.8. The van der Waals surface area contributed by atoms with E-state index < -0.39 is 0 Å². The summed E-state index contributed by atoms with van der Waals surface area (Å²) in [5, 5.41) is 0. The fourth-order valence-corrected chi connectivity index (χ4v) is 2.70. The molecule has 126 valence electrons. The van der Waals surface area contributed by atoms with Gasteiger partial charge in [-0.05, 0) is 49.2 Å². The minimum absolute atomic E-state index is 0.0840. The number of carbonyl (C=O) groups excluding carboxylic acids is 1. The fraction of sp³-hybridized carbons (Fsp3) is 0.136. The monoisotopic (exact) mass is 334 g/mol. The topological polar surface area (TPSA) is 26.3 Å². The van der Waals surface area contributed by atoms with Gasteiger partial charge in [-0.15, -0.1) is 0 Å². The third-order valence-electron chi connectivity index (χ3n) is 4.03. The number of Topliss-reactive ketones (excluding diaryl/α,β-unsaturated/α-hetero) is 1. The Labute approximate surface area is 146 Å². The lowest BCUT2D eigenvalue weighted by molar-refractivity contribution is 0.101. The third kappa shape index (κ3) is 3.94. The van der Waals surface area contributed by atoms with Gasteiger partial charge >= 0.3 is 0 Å². The second-order valence-corrected chi connectivity index (χ2v) is 6.02. The maximum Gasteiger partial charge on any atom is 0.163 e. The van der Waals surface area contributed by atoms with Crippen molar-refractivity contribution >= 4 is 5.78 Å². The van der Waals surface area contributed by atoms with Gasteiger partial charge in [-0.25, -0.2) is 4.39 Å². The van der Waals surface area contributed by atoms with E-state index in [0.717, 1.165) is 11.1 Å². The van der Waals surface area contributed by atoms with Gasteiger partial charge in [-0.2, -0.15) is 0 Å². The maximum absolute atomic E-state index is 14.2. The minimum atomic E-state index is -0.296. The van der Waals surface area contributed by atoms with Crippen LogP contribution in [-0.2, 0) is 6.61 Å². The molecule has 0 N–H and O–H groups in total. The Balaban J connectivity index is 1.97. The fourth-order valence-electron chi connectivity index (χ4n) is 2.70. The number of aryl methyl sites for hydroxylation is 1. The van der Waals surface area contributed by atoms with Crippen molar-refractivity contribution in [3.05, 3.63) is 89.2 Å². The molecule has 0 saturated carbocycles. The van der Waals surface area contributed by atoms with Crippen LogP contribution in [0.4, 0.5) is 4.39 Å². The lowest BCUT2D eigenvalue weighted by atomic mass is 9.99. The molecule has 2 nitrogen and oxygen atoms in total. The summed E-state index contributed by atoms with van der Waals surface area (Å²) in [5.74, 6) is 0.0873. The van der Waals surface area contributed by atoms with Crippen LogP contribution >= 0.6 is 0 Å². The van der Waals surface area contributed by atoms with E-state index in [4.69, 9.17) is 4.74 Å². The molecule has 25 heavy (non-hydrogen) atoms. The van der Waals surface area contributed by atoms with Gasteiger partial charge < -0.3 is 4.74 Å². The summed E-state index contributed by atoms with van der Waals surface area (Å²) in [4.78, 5) is 11.9. The smallest absolute Gasteiger partial charge is 0.163 e. The number of halogens is 1. The van der Waals surface area contributed by atoms with Crippen molar-refractivity contribution in [3.63, 3.8) is 0 Å². The first kappa shape index (κ1) is 16.9. The molecular weight excluding hydrogens is 315 g/mol. The Morgan fingerprint density at radius 2 is 1.76 bits per heavy atom. The highest BCUT2D eigenvalue weighted by Crippen LogP contribution is 2.30. The number of benzene rings is 3. The van der Waals surface area contributed by atoms with Crippen molar-refractivity contribution in [1.82, 2.24) is 0 Å². The van der Waals surface area contributed by atoms with Gasteiger partial charge in [0.1, 0.15) is 18.2 Å². The largest absolute Gasteiger partial charge is 0.488 e. The first-order valence-corrected chi connectivity index (χ1v) is 8.13. The molecule has 0 spiro atoms. The van der Waals surface area contributed by atoms with Crippen molar-refractivity contribution in [1.29, 1.82) is 0 Å². The second kappa shape index (κ2) is 7.31. The molecule has 3 heteroatoms. The molecule has 0 bridgehead atoms. The Morgan fingerprint density at radius 3 is 2.48 bits per heavy atom. The highest BCUT2D eigenvalue weighted by molar-refractivity contribution is 5.97. The van der Waals surface area contributed by atoms with E-state index in [0.29, 0.717) is 29.0 Å². The van der Waals surface area contributed by atoms with Gasteiger partial charge in [0.2, 0.25) is 0 Å². The molecule has 0 aliphatic carbocycles. The SMILES string of the molecule is CC(=O)c1ccc(-c2cc(C)ccc2F)cc1OCc1ccccc1. The average Bonchev–Trinajstić information content (AvgIpc) is 2.62. The number of rotatable bonds is 5. The molecule has 0 radical (unpaired) electrons. The van der Waals surface area contributed by atoms with Crippen LogP contribution in [0.25, 0.3) is 11.1 Å². The van der Waals surface area contributed by atoms with Crippen LogP contribution in [0, 0.1) is 12.7 Å². The second-order valence-electron chi connectivity index (χ2n) is 6.02. The van der Waals surface area contributed by atoms with Crippen LogP contribution in [0.1, 0.15) is 28.4 Å². The van der Waals surface area contributed by atoms with Crippen LogP contribution in [0.3, 0.4) is 0 Å². The summed E-state index contributed by atoms with van der Waals surface area (Å²) in [7, 11) is 0. The van der Waals surface area contributed by atoms with Crippen molar-refractivity contribution in [2.75, 3.05) is 0 Å². The van der Waals surface area contributed by atoms with Crippen molar-refractivity contribution in [2.24, 2.45) is 0 Å². The van der Waals surface area contributed by atoms with Crippen LogP contribution in [0.15, 0.2) is 66.7 Å². The molecule has 3 rings (SSSR count). The van der Waals surface area contributed by atoms with Gasteiger partial charge in [0, 0.05) is 5.56 Å². The van der Waals surface area contributed by atoms with Gasteiger partial charge in [-0.1, -0.05) is 48.0 Å². The lowest BCUT2D eigenvalue weighted by Crippen LogP contribution is -2.02. The number of ketones is 1. The van der Waals surface area contributed by atoms with E-state index in [9.17, 15) is 9.18 Å². The zero-order valence-electron chi connectivity index (χ0n) is 14.3. The van der Waals surface area contributed by atoms with Crippen LogP contribution in [0.5, 0.6) is 5.75 Å². The Morgan fingerprint density at radius 1 is 1.00 bits per heavy atom. The highest BCUT2D eigenvalue weighted by atomic mass is 19.1. The molecule has 0 saturated heterocycles. The summed E-state index contributed by atoms with van der Waals surface area (Å²) >= 11 is 0. The quantitative estimate of drug-likeness (QED) is 0.569. The number of hydrogen-bond acceptors (Lipinski definition) is 2. The molecule has 0 atom stereocenters. The van der Waals surface area contributed by atoms with Gasteiger partial charge in [-0.3, -0.25) is 4.79 Å². The van der Waals surface area contributed by atoms with E-state index in [2.05, 4.69) is 0 Å². The average molecular weight is 334 g/mol. The Hall–Kier alpha value is -2.94. The molecule has 0 amide bonds. The molecule has 3 aromatic carbocycles. The molecule has 0 unspecified atom stereocenters.